The number of aromatic nitrogens is 1. The standard InChI is InChI=1S/C15H22ClN3O/c1-11-8-13(9-14(16)17-11)15(20)19-6-4-12(5-7-19)10-18(2)3/h8-9,12H,4-7,10H2,1-3H3. The Morgan fingerprint density at radius 3 is 2.60 bits per heavy atom. The van der Waals surface area contributed by atoms with Gasteiger partial charge < -0.3 is 9.80 Å². The first kappa shape index (κ1) is 15.3. The first-order chi connectivity index (χ1) is 9.45. The second-order valence-electron chi connectivity index (χ2n) is 5.82. The van der Waals surface area contributed by atoms with Gasteiger partial charge in [0.1, 0.15) is 5.15 Å². The van der Waals surface area contributed by atoms with Gasteiger partial charge in [-0.15, -0.1) is 0 Å². The van der Waals surface area contributed by atoms with Gasteiger partial charge in [0.05, 0.1) is 0 Å². The van der Waals surface area contributed by atoms with Crippen LogP contribution in [0.1, 0.15) is 28.9 Å². The number of pyridine rings is 1. The van der Waals surface area contributed by atoms with E-state index in [9.17, 15) is 4.79 Å². The Bertz CT molecular complexity index is 462. The van der Waals surface area contributed by atoms with E-state index < -0.39 is 0 Å². The van der Waals surface area contributed by atoms with Crippen LogP contribution in [0.15, 0.2) is 12.1 Å². The fourth-order valence-corrected chi connectivity index (χ4v) is 3.02. The van der Waals surface area contributed by atoms with Crippen molar-refractivity contribution < 1.29 is 4.79 Å². The summed E-state index contributed by atoms with van der Waals surface area (Å²) in [6.07, 6.45) is 2.14. The van der Waals surface area contributed by atoms with Gasteiger partial charge in [-0.1, -0.05) is 11.6 Å². The predicted molar refractivity (Wildman–Crippen MR) is 81.2 cm³/mol. The zero-order valence-corrected chi connectivity index (χ0v) is 13.2. The van der Waals surface area contributed by atoms with Crippen molar-refractivity contribution in [2.45, 2.75) is 19.8 Å². The van der Waals surface area contributed by atoms with Crippen LogP contribution in [0.25, 0.3) is 0 Å². The van der Waals surface area contributed by atoms with Crippen LogP contribution in [-0.4, -0.2) is 54.4 Å². The van der Waals surface area contributed by atoms with Crippen LogP contribution in [0.5, 0.6) is 0 Å². The van der Waals surface area contributed by atoms with Crippen LogP contribution in [0, 0.1) is 12.8 Å². The minimum atomic E-state index is 0.0701. The summed E-state index contributed by atoms with van der Waals surface area (Å²) in [5.41, 5.74) is 1.43. The first-order valence-corrected chi connectivity index (χ1v) is 7.41. The van der Waals surface area contributed by atoms with E-state index in [2.05, 4.69) is 24.0 Å². The molecule has 0 saturated carbocycles. The highest BCUT2D eigenvalue weighted by Gasteiger charge is 2.24. The molecule has 1 amide bonds. The van der Waals surface area contributed by atoms with Gasteiger partial charge in [0.15, 0.2) is 0 Å². The Kier molecular flexibility index (Phi) is 5.00. The molecule has 0 unspecified atom stereocenters. The van der Waals surface area contributed by atoms with Crippen molar-refractivity contribution in [2.24, 2.45) is 5.92 Å². The molecule has 1 aliphatic heterocycles. The van der Waals surface area contributed by atoms with E-state index in [0.717, 1.165) is 38.2 Å². The summed E-state index contributed by atoms with van der Waals surface area (Å²) in [6.45, 7) is 4.61. The molecular formula is C15H22ClN3O. The van der Waals surface area contributed by atoms with E-state index in [0.29, 0.717) is 16.6 Å². The van der Waals surface area contributed by atoms with Gasteiger partial charge in [-0.2, -0.15) is 0 Å². The fourth-order valence-electron chi connectivity index (χ4n) is 2.77. The van der Waals surface area contributed by atoms with Crippen molar-refractivity contribution in [3.05, 3.63) is 28.5 Å². The number of piperidine rings is 1. The number of likely N-dealkylation sites (tertiary alicyclic amines) is 1. The van der Waals surface area contributed by atoms with Gasteiger partial charge >= 0.3 is 0 Å². The molecule has 0 atom stereocenters. The molecule has 4 nitrogen and oxygen atoms in total. The van der Waals surface area contributed by atoms with Crippen molar-refractivity contribution in [3.8, 4) is 0 Å². The largest absolute Gasteiger partial charge is 0.339 e. The lowest BCUT2D eigenvalue weighted by Crippen LogP contribution is -2.40. The highest BCUT2D eigenvalue weighted by molar-refractivity contribution is 6.29. The van der Waals surface area contributed by atoms with E-state index in [-0.39, 0.29) is 5.91 Å². The average Bonchev–Trinajstić information content (AvgIpc) is 2.37. The smallest absolute Gasteiger partial charge is 0.254 e. The highest BCUT2D eigenvalue weighted by atomic mass is 35.5. The molecule has 0 spiro atoms. The average molecular weight is 296 g/mol. The van der Waals surface area contributed by atoms with Crippen LogP contribution in [0.3, 0.4) is 0 Å². The summed E-state index contributed by atoms with van der Waals surface area (Å²) in [5, 5.41) is 0.385. The lowest BCUT2D eigenvalue weighted by atomic mass is 9.96. The van der Waals surface area contributed by atoms with E-state index in [1.54, 1.807) is 12.1 Å². The molecule has 0 aromatic carbocycles. The minimum absolute atomic E-state index is 0.0701. The minimum Gasteiger partial charge on any atom is -0.339 e. The molecule has 2 heterocycles. The zero-order chi connectivity index (χ0) is 14.7. The summed E-state index contributed by atoms with van der Waals surface area (Å²) in [6, 6.07) is 3.46. The number of halogens is 1. The van der Waals surface area contributed by atoms with Crippen molar-refractivity contribution in [1.29, 1.82) is 0 Å². The third kappa shape index (κ3) is 3.93. The predicted octanol–water partition coefficient (Wildman–Crippen LogP) is 2.46. The first-order valence-electron chi connectivity index (χ1n) is 7.04. The van der Waals surface area contributed by atoms with E-state index in [1.807, 2.05) is 11.8 Å². The van der Waals surface area contributed by atoms with Gasteiger partial charge in [0.2, 0.25) is 0 Å². The molecule has 0 N–H and O–H groups in total. The van der Waals surface area contributed by atoms with E-state index in [4.69, 9.17) is 11.6 Å². The fraction of sp³-hybridized carbons (Fsp3) is 0.600. The molecule has 1 fully saturated rings. The van der Waals surface area contributed by atoms with Gasteiger partial charge in [0.25, 0.3) is 5.91 Å². The molecule has 5 heteroatoms. The Balaban J connectivity index is 1.98. The number of hydrogen-bond acceptors (Lipinski definition) is 3. The van der Waals surface area contributed by atoms with E-state index >= 15 is 0 Å². The van der Waals surface area contributed by atoms with Crippen LogP contribution >= 0.6 is 11.6 Å². The monoisotopic (exact) mass is 295 g/mol. The van der Waals surface area contributed by atoms with Crippen LogP contribution in [0.4, 0.5) is 0 Å². The van der Waals surface area contributed by atoms with Crippen molar-refractivity contribution in [3.63, 3.8) is 0 Å². The van der Waals surface area contributed by atoms with Gasteiger partial charge in [0, 0.05) is 30.9 Å². The molecule has 1 aromatic heterocycles. The van der Waals surface area contributed by atoms with Crippen LogP contribution in [0.2, 0.25) is 5.15 Å². The molecule has 0 radical (unpaired) electrons. The normalized spacial score (nSPS) is 16.8. The SMILES string of the molecule is Cc1cc(C(=O)N2CCC(CN(C)C)CC2)cc(Cl)n1. The quantitative estimate of drug-likeness (QED) is 0.804. The number of nitrogens with zero attached hydrogens (tertiary/aromatic N) is 3. The van der Waals surface area contributed by atoms with Crippen molar-refractivity contribution in [1.82, 2.24) is 14.8 Å². The molecule has 110 valence electrons. The summed E-state index contributed by atoms with van der Waals surface area (Å²) in [4.78, 5) is 20.7. The molecule has 1 aromatic rings. The number of carbonyl (C=O) groups is 1. The number of amides is 1. The van der Waals surface area contributed by atoms with Gasteiger partial charge in [-0.3, -0.25) is 4.79 Å². The topological polar surface area (TPSA) is 36.4 Å². The Labute approximate surface area is 125 Å². The number of aryl methyl sites for hydroxylation is 1. The number of rotatable bonds is 3. The maximum Gasteiger partial charge on any atom is 0.254 e. The summed E-state index contributed by atoms with van der Waals surface area (Å²) >= 11 is 5.93. The molecule has 1 aliphatic rings. The van der Waals surface area contributed by atoms with Crippen molar-refractivity contribution >= 4 is 17.5 Å². The summed E-state index contributed by atoms with van der Waals surface area (Å²) in [5.74, 6) is 0.762. The number of hydrogen-bond donors (Lipinski definition) is 0. The molecule has 2 rings (SSSR count). The Morgan fingerprint density at radius 1 is 1.40 bits per heavy atom. The van der Waals surface area contributed by atoms with Gasteiger partial charge in [-0.05, 0) is 51.9 Å². The molecule has 0 aliphatic carbocycles. The third-order valence-corrected chi connectivity index (χ3v) is 3.89. The zero-order valence-electron chi connectivity index (χ0n) is 12.4. The highest BCUT2D eigenvalue weighted by Crippen LogP contribution is 2.20. The maximum atomic E-state index is 12.5. The molecule has 20 heavy (non-hydrogen) atoms. The van der Waals surface area contributed by atoms with E-state index in [1.165, 1.54) is 0 Å². The Morgan fingerprint density at radius 2 is 2.05 bits per heavy atom. The molecule has 0 bridgehead atoms. The van der Waals surface area contributed by atoms with Crippen LogP contribution in [-0.2, 0) is 0 Å². The molecular weight excluding hydrogens is 274 g/mol. The Hall–Kier alpha value is -1.13. The second kappa shape index (κ2) is 6.55. The maximum absolute atomic E-state index is 12.5. The van der Waals surface area contributed by atoms with Gasteiger partial charge in [-0.25, -0.2) is 4.98 Å². The summed E-state index contributed by atoms with van der Waals surface area (Å²) in [7, 11) is 4.19. The van der Waals surface area contributed by atoms with Crippen LogP contribution < -0.4 is 0 Å². The van der Waals surface area contributed by atoms with Crippen molar-refractivity contribution in [2.75, 3.05) is 33.7 Å². The lowest BCUT2D eigenvalue weighted by molar-refractivity contribution is 0.0678. The number of carbonyl (C=O) groups excluding carboxylic acids is 1. The summed E-state index contributed by atoms with van der Waals surface area (Å²) < 4.78 is 0. The third-order valence-electron chi connectivity index (χ3n) is 3.69. The molecule has 1 saturated heterocycles. The second-order valence-corrected chi connectivity index (χ2v) is 6.20. The lowest BCUT2D eigenvalue weighted by Gasteiger charge is -2.33.